The van der Waals surface area contributed by atoms with Gasteiger partial charge in [0.15, 0.2) is 0 Å². The van der Waals surface area contributed by atoms with Crippen molar-refractivity contribution >= 4 is 45.4 Å². The van der Waals surface area contributed by atoms with Crippen molar-refractivity contribution in [2.24, 2.45) is 0 Å². The average molecular weight is 311 g/mol. The van der Waals surface area contributed by atoms with E-state index in [0.29, 0.717) is 20.6 Å². The van der Waals surface area contributed by atoms with E-state index in [1.54, 1.807) is 29.6 Å². The molecule has 2 aromatic rings. The van der Waals surface area contributed by atoms with Crippen LogP contribution in [0, 0.1) is 11.3 Å². The minimum atomic E-state index is -0.197. The molecule has 0 saturated heterocycles. The van der Waals surface area contributed by atoms with E-state index in [4.69, 9.17) is 28.5 Å². The molecule has 6 heteroatoms. The zero-order valence-electron chi connectivity index (χ0n) is 9.61. The van der Waals surface area contributed by atoms with Crippen LogP contribution in [0.1, 0.15) is 11.1 Å². The van der Waals surface area contributed by atoms with Crippen LogP contribution in [0.15, 0.2) is 29.6 Å². The van der Waals surface area contributed by atoms with Crippen LogP contribution < -0.4 is 5.32 Å². The Morgan fingerprint density at radius 2 is 2.11 bits per heavy atom. The van der Waals surface area contributed by atoms with Crippen molar-refractivity contribution in [2.75, 3.05) is 5.32 Å². The first-order valence-electron chi connectivity index (χ1n) is 5.31. The van der Waals surface area contributed by atoms with E-state index < -0.39 is 0 Å². The predicted molar refractivity (Wildman–Crippen MR) is 77.8 cm³/mol. The van der Waals surface area contributed by atoms with Gasteiger partial charge in [-0.05, 0) is 29.1 Å². The number of benzene rings is 1. The quantitative estimate of drug-likeness (QED) is 0.927. The smallest absolute Gasteiger partial charge is 0.229 e. The number of carbonyl (C=O) groups is 1. The van der Waals surface area contributed by atoms with E-state index in [1.165, 1.54) is 11.3 Å². The Balaban J connectivity index is 2.06. The molecule has 96 valence electrons. The Kier molecular flexibility index (Phi) is 4.43. The van der Waals surface area contributed by atoms with E-state index in [-0.39, 0.29) is 12.3 Å². The second kappa shape index (κ2) is 6.07. The first kappa shape index (κ1) is 13.9. The summed E-state index contributed by atoms with van der Waals surface area (Å²) < 4.78 is 0. The van der Waals surface area contributed by atoms with Gasteiger partial charge in [-0.25, -0.2) is 0 Å². The van der Waals surface area contributed by atoms with Gasteiger partial charge in [-0.3, -0.25) is 4.79 Å². The number of thiophene rings is 1. The molecule has 0 bridgehead atoms. The summed E-state index contributed by atoms with van der Waals surface area (Å²) in [5.41, 5.74) is 1.23. The molecule has 0 aliphatic heterocycles. The summed E-state index contributed by atoms with van der Waals surface area (Å²) in [5.74, 6) is -0.197. The van der Waals surface area contributed by atoms with Crippen LogP contribution in [0.25, 0.3) is 0 Å². The summed E-state index contributed by atoms with van der Waals surface area (Å²) in [4.78, 5) is 11.9. The summed E-state index contributed by atoms with van der Waals surface area (Å²) in [7, 11) is 0. The van der Waals surface area contributed by atoms with Crippen LogP contribution in [0.2, 0.25) is 10.0 Å². The molecule has 1 heterocycles. The molecule has 0 aliphatic rings. The Labute approximate surface area is 124 Å². The lowest BCUT2D eigenvalue weighted by atomic mass is 10.1. The highest BCUT2D eigenvalue weighted by molar-refractivity contribution is 7.14. The molecule has 0 saturated carbocycles. The minimum absolute atomic E-state index is 0.180. The van der Waals surface area contributed by atoms with Gasteiger partial charge in [-0.1, -0.05) is 29.3 Å². The summed E-state index contributed by atoms with van der Waals surface area (Å²) in [6.07, 6.45) is 0.180. The summed E-state index contributed by atoms with van der Waals surface area (Å²) in [6, 6.07) is 8.74. The van der Waals surface area contributed by atoms with Gasteiger partial charge in [0.2, 0.25) is 5.91 Å². The standard InChI is InChI=1S/C13H8Cl2N2OS/c14-10-2-1-8(5-11(10)15)6-12(18)17-13-9(7-16)3-4-19-13/h1-5H,6H2,(H,17,18). The number of nitrogens with one attached hydrogen (secondary N) is 1. The number of hydrogen-bond acceptors (Lipinski definition) is 3. The molecule has 0 unspecified atom stereocenters. The van der Waals surface area contributed by atoms with Crippen molar-refractivity contribution in [1.29, 1.82) is 5.26 Å². The number of nitriles is 1. The molecule has 0 fully saturated rings. The number of carbonyl (C=O) groups excluding carboxylic acids is 1. The molecule has 1 aromatic heterocycles. The fraction of sp³-hybridized carbons (Fsp3) is 0.0769. The third-order valence-electron chi connectivity index (χ3n) is 2.39. The normalized spacial score (nSPS) is 9.95. The van der Waals surface area contributed by atoms with Gasteiger partial charge in [-0.2, -0.15) is 5.26 Å². The van der Waals surface area contributed by atoms with Crippen molar-refractivity contribution in [3.8, 4) is 6.07 Å². The molecule has 1 amide bonds. The molecule has 0 aliphatic carbocycles. The first-order chi connectivity index (χ1) is 9.10. The van der Waals surface area contributed by atoms with E-state index in [2.05, 4.69) is 5.32 Å². The van der Waals surface area contributed by atoms with Crippen molar-refractivity contribution in [3.63, 3.8) is 0 Å². The van der Waals surface area contributed by atoms with E-state index in [0.717, 1.165) is 5.56 Å². The molecule has 19 heavy (non-hydrogen) atoms. The molecule has 0 radical (unpaired) electrons. The van der Waals surface area contributed by atoms with Gasteiger partial charge in [0.05, 0.1) is 22.0 Å². The topological polar surface area (TPSA) is 52.9 Å². The fourth-order valence-electron chi connectivity index (χ4n) is 1.50. The molecular formula is C13H8Cl2N2OS. The van der Waals surface area contributed by atoms with Crippen LogP contribution in [0.3, 0.4) is 0 Å². The van der Waals surface area contributed by atoms with Gasteiger partial charge < -0.3 is 5.32 Å². The maximum absolute atomic E-state index is 11.9. The molecule has 1 aromatic carbocycles. The van der Waals surface area contributed by atoms with Gasteiger partial charge in [0, 0.05) is 0 Å². The Bertz CT molecular complexity index is 661. The zero-order chi connectivity index (χ0) is 13.8. The number of halogens is 2. The second-order valence-electron chi connectivity index (χ2n) is 3.75. The Hall–Kier alpha value is -1.54. The highest BCUT2D eigenvalue weighted by Crippen LogP contribution is 2.24. The summed E-state index contributed by atoms with van der Waals surface area (Å²) in [6.45, 7) is 0. The number of hydrogen-bond donors (Lipinski definition) is 1. The van der Waals surface area contributed by atoms with Crippen LogP contribution >= 0.6 is 34.5 Å². The number of amides is 1. The van der Waals surface area contributed by atoms with Crippen LogP contribution in [0.5, 0.6) is 0 Å². The molecular weight excluding hydrogens is 303 g/mol. The highest BCUT2D eigenvalue weighted by Gasteiger charge is 2.09. The molecule has 1 N–H and O–H groups in total. The van der Waals surface area contributed by atoms with Crippen molar-refractivity contribution in [2.45, 2.75) is 6.42 Å². The van der Waals surface area contributed by atoms with Gasteiger partial charge in [0.25, 0.3) is 0 Å². The lowest BCUT2D eigenvalue weighted by Crippen LogP contribution is -2.14. The monoisotopic (exact) mass is 310 g/mol. The maximum atomic E-state index is 11.9. The number of rotatable bonds is 3. The third kappa shape index (κ3) is 3.48. The van der Waals surface area contributed by atoms with E-state index in [9.17, 15) is 4.79 Å². The average Bonchev–Trinajstić information content (AvgIpc) is 2.81. The maximum Gasteiger partial charge on any atom is 0.229 e. The van der Waals surface area contributed by atoms with Crippen molar-refractivity contribution < 1.29 is 4.79 Å². The lowest BCUT2D eigenvalue weighted by Gasteiger charge is -2.04. The zero-order valence-corrected chi connectivity index (χ0v) is 11.9. The molecule has 0 atom stereocenters. The van der Waals surface area contributed by atoms with Gasteiger partial charge in [0.1, 0.15) is 11.1 Å². The summed E-state index contributed by atoms with van der Waals surface area (Å²) in [5, 5.41) is 14.7. The van der Waals surface area contributed by atoms with Gasteiger partial charge in [-0.15, -0.1) is 11.3 Å². The number of anilines is 1. The predicted octanol–water partition coefficient (Wildman–Crippen LogP) is 4.11. The minimum Gasteiger partial charge on any atom is -0.316 e. The Morgan fingerprint density at radius 1 is 1.32 bits per heavy atom. The van der Waals surface area contributed by atoms with Crippen molar-refractivity contribution in [1.82, 2.24) is 0 Å². The highest BCUT2D eigenvalue weighted by atomic mass is 35.5. The summed E-state index contributed by atoms with van der Waals surface area (Å²) >= 11 is 13.0. The second-order valence-corrected chi connectivity index (χ2v) is 5.48. The largest absolute Gasteiger partial charge is 0.316 e. The van der Waals surface area contributed by atoms with E-state index >= 15 is 0 Å². The molecule has 3 nitrogen and oxygen atoms in total. The fourth-order valence-corrected chi connectivity index (χ4v) is 2.57. The van der Waals surface area contributed by atoms with Crippen LogP contribution in [-0.2, 0) is 11.2 Å². The first-order valence-corrected chi connectivity index (χ1v) is 6.95. The van der Waals surface area contributed by atoms with Gasteiger partial charge >= 0.3 is 0 Å². The SMILES string of the molecule is N#Cc1ccsc1NC(=O)Cc1ccc(Cl)c(Cl)c1. The van der Waals surface area contributed by atoms with Crippen LogP contribution in [-0.4, -0.2) is 5.91 Å². The Morgan fingerprint density at radius 3 is 2.79 bits per heavy atom. The van der Waals surface area contributed by atoms with Crippen molar-refractivity contribution in [3.05, 3.63) is 50.8 Å². The molecule has 2 rings (SSSR count). The third-order valence-corrected chi connectivity index (χ3v) is 3.96. The van der Waals surface area contributed by atoms with Crippen LogP contribution in [0.4, 0.5) is 5.00 Å². The number of nitrogens with zero attached hydrogens (tertiary/aromatic N) is 1. The molecule has 0 spiro atoms. The van der Waals surface area contributed by atoms with E-state index in [1.807, 2.05) is 6.07 Å². The lowest BCUT2D eigenvalue weighted by molar-refractivity contribution is -0.115.